The molecule has 0 aliphatic heterocycles. The van der Waals surface area contributed by atoms with E-state index in [0.29, 0.717) is 0 Å². The summed E-state index contributed by atoms with van der Waals surface area (Å²) < 4.78 is 0. The number of phenolic OH excluding ortho intramolecular Hbond substituents is 2. The van der Waals surface area contributed by atoms with Crippen LogP contribution in [0.5, 0.6) is 11.5 Å². The Bertz CT molecular complexity index is 501. The predicted molar refractivity (Wildman–Crippen MR) is 73.0 cm³/mol. The summed E-state index contributed by atoms with van der Waals surface area (Å²) in [6.07, 6.45) is 0.794. The van der Waals surface area contributed by atoms with Crippen molar-refractivity contribution in [2.75, 3.05) is 0 Å². The van der Waals surface area contributed by atoms with Gasteiger partial charge in [-0.05, 0) is 18.6 Å². The van der Waals surface area contributed by atoms with Crippen molar-refractivity contribution in [1.82, 2.24) is 0 Å². The zero-order chi connectivity index (χ0) is 13.2. The summed E-state index contributed by atoms with van der Waals surface area (Å²) in [6.45, 7) is 4.09. The molecule has 2 rings (SSSR count). The SMILES string of the molecule is CCC(C)(c1ccccc1O)c1ccccc1O. The second-order valence-electron chi connectivity index (χ2n) is 4.72. The van der Waals surface area contributed by atoms with E-state index in [1.54, 1.807) is 24.3 Å². The molecule has 2 nitrogen and oxygen atoms in total. The molecule has 0 bridgehead atoms. The first-order valence-electron chi connectivity index (χ1n) is 6.16. The Labute approximate surface area is 108 Å². The molecule has 0 fully saturated rings. The number of hydrogen-bond donors (Lipinski definition) is 2. The van der Waals surface area contributed by atoms with Crippen molar-refractivity contribution in [3.8, 4) is 11.5 Å². The molecule has 2 N–H and O–H groups in total. The molecular weight excluding hydrogens is 224 g/mol. The maximum atomic E-state index is 10.0. The van der Waals surface area contributed by atoms with Crippen molar-refractivity contribution < 1.29 is 10.2 Å². The standard InChI is InChI=1S/C16H18O2/c1-3-16(2,12-8-4-6-10-14(12)17)13-9-5-7-11-15(13)18/h4-11,17-18H,3H2,1-2H3. The summed E-state index contributed by atoms with van der Waals surface area (Å²) >= 11 is 0. The zero-order valence-corrected chi connectivity index (χ0v) is 10.7. The van der Waals surface area contributed by atoms with Crippen LogP contribution in [-0.2, 0) is 5.41 Å². The molecule has 0 heterocycles. The van der Waals surface area contributed by atoms with Gasteiger partial charge in [0.1, 0.15) is 11.5 Å². The summed E-state index contributed by atoms with van der Waals surface area (Å²) in [5.41, 5.74) is 1.29. The zero-order valence-electron chi connectivity index (χ0n) is 10.7. The fourth-order valence-corrected chi connectivity index (χ4v) is 2.41. The van der Waals surface area contributed by atoms with Gasteiger partial charge in [0.05, 0.1) is 0 Å². The highest BCUT2D eigenvalue weighted by Gasteiger charge is 2.31. The number of aromatic hydroxyl groups is 2. The van der Waals surface area contributed by atoms with Crippen LogP contribution in [0.1, 0.15) is 31.4 Å². The van der Waals surface area contributed by atoms with Crippen LogP contribution in [0.25, 0.3) is 0 Å². The van der Waals surface area contributed by atoms with Gasteiger partial charge < -0.3 is 10.2 Å². The lowest BCUT2D eigenvalue weighted by atomic mass is 9.73. The average Bonchev–Trinajstić information content (AvgIpc) is 2.39. The van der Waals surface area contributed by atoms with E-state index in [1.165, 1.54) is 0 Å². The van der Waals surface area contributed by atoms with Crippen molar-refractivity contribution in [3.63, 3.8) is 0 Å². The van der Waals surface area contributed by atoms with E-state index in [9.17, 15) is 10.2 Å². The Kier molecular flexibility index (Phi) is 3.28. The first-order chi connectivity index (χ1) is 8.59. The normalized spacial score (nSPS) is 11.4. The lowest BCUT2D eigenvalue weighted by Gasteiger charge is -2.30. The summed E-state index contributed by atoms with van der Waals surface area (Å²) in [4.78, 5) is 0. The Balaban J connectivity index is 2.63. The van der Waals surface area contributed by atoms with E-state index < -0.39 is 5.41 Å². The van der Waals surface area contributed by atoms with E-state index in [2.05, 4.69) is 6.92 Å². The third kappa shape index (κ3) is 1.94. The van der Waals surface area contributed by atoms with Gasteiger partial charge in [-0.1, -0.05) is 50.2 Å². The minimum atomic E-state index is -0.392. The molecule has 0 aliphatic carbocycles. The van der Waals surface area contributed by atoms with Gasteiger partial charge in [-0.15, -0.1) is 0 Å². The molecule has 0 aliphatic rings. The van der Waals surface area contributed by atoms with Gasteiger partial charge in [0.2, 0.25) is 0 Å². The molecule has 18 heavy (non-hydrogen) atoms. The van der Waals surface area contributed by atoms with Crippen LogP contribution >= 0.6 is 0 Å². The third-order valence-corrected chi connectivity index (χ3v) is 3.70. The molecule has 2 heteroatoms. The molecule has 0 amide bonds. The first kappa shape index (κ1) is 12.5. The molecule has 94 valence electrons. The molecule has 0 atom stereocenters. The van der Waals surface area contributed by atoms with Crippen LogP contribution in [0.15, 0.2) is 48.5 Å². The second-order valence-corrected chi connectivity index (χ2v) is 4.72. The van der Waals surface area contributed by atoms with Gasteiger partial charge >= 0.3 is 0 Å². The minimum Gasteiger partial charge on any atom is -0.508 e. The molecule has 2 aromatic carbocycles. The largest absolute Gasteiger partial charge is 0.508 e. The van der Waals surface area contributed by atoms with Crippen molar-refractivity contribution in [3.05, 3.63) is 59.7 Å². The summed E-state index contributed by atoms with van der Waals surface area (Å²) in [7, 11) is 0. The van der Waals surface area contributed by atoms with Crippen LogP contribution < -0.4 is 0 Å². The number of phenols is 2. The van der Waals surface area contributed by atoms with Gasteiger partial charge in [0, 0.05) is 16.5 Å². The lowest BCUT2D eigenvalue weighted by Crippen LogP contribution is -2.22. The van der Waals surface area contributed by atoms with E-state index in [0.717, 1.165) is 17.5 Å². The highest BCUT2D eigenvalue weighted by Crippen LogP contribution is 2.42. The molecule has 0 spiro atoms. The fourth-order valence-electron chi connectivity index (χ4n) is 2.41. The van der Waals surface area contributed by atoms with Gasteiger partial charge in [0.15, 0.2) is 0 Å². The number of rotatable bonds is 3. The molecule has 0 radical (unpaired) electrons. The molecule has 0 aromatic heterocycles. The van der Waals surface area contributed by atoms with Crippen LogP contribution in [0.2, 0.25) is 0 Å². The van der Waals surface area contributed by atoms with Crippen LogP contribution in [0.3, 0.4) is 0 Å². The Hall–Kier alpha value is -1.96. The smallest absolute Gasteiger partial charge is 0.119 e. The van der Waals surface area contributed by atoms with Crippen LogP contribution in [0.4, 0.5) is 0 Å². The maximum absolute atomic E-state index is 10.0. The van der Waals surface area contributed by atoms with Crippen LogP contribution in [0, 0.1) is 0 Å². The van der Waals surface area contributed by atoms with Crippen molar-refractivity contribution in [2.45, 2.75) is 25.7 Å². The van der Waals surface area contributed by atoms with Crippen molar-refractivity contribution in [1.29, 1.82) is 0 Å². The fraction of sp³-hybridized carbons (Fsp3) is 0.250. The summed E-state index contributed by atoms with van der Waals surface area (Å²) in [5.74, 6) is 0.537. The number of para-hydroxylation sites is 2. The van der Waals surface area contributed by atoms with E-state index in [1.807, 2.05) is 31.2 Å². The van der Waals surface area contributed by atoms with Crippen molar-refractivity contribution in [2.24, 2.45) is 0 Å². The number of hydrogen-bond acceptors (Lipinski definition) is 2. The van der Waals surface area contributed by atoms with Gasteiger partial charge in [-0.2, -0.15) is 0 Å². The summed E-state index contributed by atoms with van der Waals surface area (Å²) in [6, 6.07) is 14.6. The van der Waals surface area contributed by atoms with Gasteiger partial charge in [-0.3, -0.25) is 0 Å². The Morgan fingerprint density at radius 3 is 1.56 bits per heavy atom. The third-order valence-electron chi connectivity index (χ3n) is 3.70. The lowest BCUT2D eigenvalue weighted by molar-refractivity contribution is 0.420. The van der Waals surface area contributed by atoms with Gasteiger partial charge in [-0.25, -0.2) is 0 Å². The summed E-state index contributed by atoms with van der Waals surface area (Å²) in [5, 5.41) is 20.1. The van der Waals surface area contributed by atoms with E-state index in [-0.39, 0.29) is 11.5 Å². The van der Waals surface area contributed by atoms with Crippen molar-refractivity contribution >= 4 is 0 Å². The quantitative estimate of drug-likeness (QED) is 0.859. The molecule has 2 aromatic rings. The highest BCUT2D eigenvalue weighted by atomic mass is 16.3. The second kappa shape index (κ2) is 4.73. The maximum Gasteiger partial charge on any atom is 0.119 e. The molecular formula is C16H18O2. The minimum absolute atomic E-state index is 0.269. The number of benzene rings is 2. The average molecular weight is 242 g/mol. The Morgan fingerprint density at radius 2 is 1.22 bits per heavy atom. The molecule has 0 saturated carbocycles. The topological polar surface area (TPSA) is 40.5 Å². The highest BCUT2D eigenvalue weighted by molar-refractivity contribution is 5.50. The predicted octanol–water partition coefficient (Wildman–Crippen LogP) is 3.81. The monoisotopic (exact) mass is 242 g/mol. The van der Waals surface area contributed by atoms with E-state index in [4.69, 9.17) is 0 Å². The molecule has 0 unspecified atom stereocenters. The van der Waals surface area contributed by atoms with Gasteiger partial charge in [0.25, 0.3) is 0 Å². The van der Waals surface area contributed by atoms with E-state index >= 15 is 0 Å². The Morgan fingerprint density at radius 1 is 0.833 bits per heavy atom. The first-order valence-corrected chi connectivity index (χ1v) is 6.16. The van der Waals surface area contributed by atoms with Crippen LogP contribution in [-0.4, -0.2) is 10.2 Å². The molecule has 0 saturated heterocycles.